The van der Waals surface area contributed by atoms with Crippen LogP contribution in [0.5, 0.6) is 0 Å². The minimum absolute atomic E-state index is 0.0790. The predicted molar refractivity (Wildman–Crippen MR) is 71.4 cm³/mol. The van der Waals surface area contributed by atoms with Crippen molar-refractivity contribution in [1.82, 2.24) is 14.9 Å². The third-order valence-electron chi connectivity index (χ3n) is 4.42. The highest BCUT2D eigenvalue weighted by Crippen LogP contribution is 2.46. The number of piperidine rings is 1. The van der Waals surface area contributed by atoms with E-state index < -0.39 is 0 Å². The minimum atomic E-state index is -0.0790. The van der Waals surface area contributed by atoms with E-state index >= 15 is 0 Å². The van der Waals surface area contributed by atoms with Crippen molar-refractivity contribution in [3.63, 3.8) is 0 Å². The van der Waals surface area contributed by atoms with Gasteiger partial charge in [0.25, 0.3) is 0 Å². The van der Waals surface area contributed by atoms with Crippen LogP contribution in [-0.2, 0) is 0 Å². The maximum atomic E-state index is 14.3. The molecule has 19 heavy (non-hydrogen) atoms. The molecule has 3 nitrogen and oxygen atoms in total. The maximum absolute atomic E-state index is 14.3. The van der Waals surface area contributed by atoms with Crippen LogP contribution in [0.3, 0.4) is 0 Å². The molecule has 3 heterocycles. The molecule has 2 aromatic rings. The Labute approximate surface area is 111 Å². The topological polar surface area (TPSA) is 29.9 Å². The van der Waals surface area contributed by atoms with Gasteiger partial charge in [-0.2, -0.15) is 0 Å². The van der Waals surface area contributed by atoms with Crippen LogP contribution in [0, 0.1) is 11.7 Å². The van der Waals surface area contributed by atoms with E-state index in [1.165, 1.54) is 0 Å². The molecule has 2 aliphatic rings. The third-order valence-corrected chi connectivity index (χ3v) is 4.42. The number of hydrogen-bond donors (Lipinski definition) is 1. The normalized spacial score (nSPS) is 22.3. The molecule has 1 aromatic heterocycles. The van der Waals surface area contributed by atoms with E-state index in [0.29, 0.717) is 5.92 Å². The molecule has 0 radical (unpaired) electrons. The Morgan fingerprint density at radius 1 is 1.26 bits per heavy atom. The average molecular weight is 257 g/mol. The SMILES string of the molecule is Fc1cccc2c1[C@@H](C1CCNCC1)n1cncc1-2. The van der Waals surface area contributed by atoms with E-state index in [1.807, 2.05) is 18.6 Å². The Balaban J connectivity index is 1.87. The fourth-order valence-corrected chi connectivity index (χ4v) is 3.56. The van der Waals surface area contributed by atoms with E-state index in [1.54, 1.807) is 12.1 Å². The molecule has 4 heteroatoms. The number of halogens is 1. The molecule has 1 atom stereocenters. The summed E-state index contributed by atoms with van der Waals surface area (Å²) in [5, 5.41) is 3.38. The molecule has 0 bridgehead atoms. The number of imidazole rings is 1. The summed E-state index contributed by atoms with van der Waals surface area (Å²) in [7, 11) is 0. The Kier molecular flexibility index (Phi) is 2.45. The first-order valence-corrected chi connectivity index (χ1v) is 6.87. The fourth-order valence-electron chi connectivity index (χ4n) is 3.56. The van der Waals surface area contributed by atoms with Crippen molar-refractivity contribution in [3.05, 3.63) is 42.1 Å². The van der Waals surface area contributed by atoms with Gasteiger partial charge in [0, 0.05) is 11.1 Å². The van der Waals surface area contributed by atoms with Crippen LogP contribution in [0.2, 0.25) is 0 Å². The number of nitrogens with zero attached hydrogens (tertiary/aromatic N) is 2. The van der Waals surface area contributed by atoms with Gasteiger partial charge in [0.2, 0.25) is 0 Å². The summed E-state index contributed by atoms with van der Waals surface area (Å²) >= 11 is 0. The number of benzene rings is 1. The molecule has 0 aliphatic carbocycles. The molecule has 0 unspecified atom stereocenters. The zero-order valence-corrected chi connectivity index (χ0v) is 10.6. The molecule has 1 N–H and O–H groups in total. The van der Waals surface area contributed by atoms with E-state index in [4.69, 9.17) is 0 Å². The van der Waals surface area contributed by atoms with Crippen molar-refractivity contribution in [2.75, 3.05) is 13.1 Å². The zero-order chi connectivity index (χ0) is 12.8. The van der Waals surface area contributed by atoms with Gasteiger partial charge >= 0.3 is 0 Å². The molecule has 0 spiro atoms. The van der Waals surface area contributed by atoms with Gasteiger partial charge in [-0.1, -0.05) is 12.1 Å². The van der Waals surface area contributed by atoms with Gasteiger partial charge in [-0.05, 0) is 37.9 Å². The highest BCUT2D eigenvalue weighted by molar-refractivity contribution is 5.69. The van der Waals surface area contributed by atoms with E-state index in [2.05, 4.69) is 14.9 Å². The average Bonchev–Trinajstić information content (AvgIpc) is 3.01. The van der Waals surface area contributed by atoms with Crippen LogP contribution in [0.15, 0.2) is 30.7 Å². The third kappa shape index (κ3) is 1.56. The van der Waals surface area contributed by atoms with Crippen LogP contribution >= 0.6 is 0 Å². The first-order chi connectivity index (χ1) is 9.36. The summed E-state index contributed by atoms with van der Waals surface area (Å²) in [6.45, 7) is 2.05. The first-order valence-electron chi connectivity index (χ1n) is 6.87. The lowest BCUT2D eigenvalue weighted by Crippen LogP contribution is -2.32. The van der Waals surface area contributed by atoms with Crippen molar-refractivity contribution in [3.8, 4) is 11.3 Å². The molecule has 98 valence electrons. The molecule has 1 aromatic carbocycles. The summed E-state index contributed by atoms with van der Waals surface area (Å²) < 4.78 is 16.4. The fraction of sp³-hybridized carbons (Fsp3) is 0.400. The number of aromatic nitrogens is 2. The Morgan fingerprint density at radius 3 is 2.95 bits per heavy atom. The molecular formula is C15H16FN3. The van der Waals surface area contributed by atoms with Gasteiger partial charge < -0.3 is 9.88 Å². The second kappa shape index (κ2) is 4.17. The van der Waals surface area contributed by atoms with Gasteiger partial charge in [0.15, 0.2) is 0 Å². The predicted octanol–water partition coefficient (Wildman–Crippen LogP) is 2.59. The summed E-state index contributed by atoms with van der Waals surface area (Å²) in [6.07, 6.45) is 5.88. The van der Waals surface area contributed by atoms with E-state index in [9.17, 15) is 4.39 Å². The quantitative estimate of drug-likeness (QED) is 0.851. The molecule has 1 fully saturated rings. The number of rotatable bonds is 1. The zero-order valence-electron chi connectivity index (χ0n) is 10.6. The van der Waals surface area contributed by atoms with Gasteiger partial charge in [-0.15, -0.1) is 0 Å². The first kappa shape index (κ1) is 11.2. The molecule has 2 aliphatic heterocycles. The maximum Gasteiger partial charge on any atom is 0.129 e. The van der Waals surface area contributed by atoms with E-state index in [-0.39, 0.29) is 11.9 Å². The highest BCUT2D eigenvalue weighted by Gasteiger charge is 2.36. The summed E-state index contributed by atoms with van der Waals surface area (Å²) in [5.41, 5.74) is 2.94. The second-order valence-corrected chi connectivity index (χ2v) is 5.42. The summed E-state index contributed by atoms with van der Waals surface area (Å²) in [6, 6.07) is 5.49. The van der Waals surface area contributed by atoms with Crippen LogP contribution in [-0.4, -0.2) is 22.6 Å². The highest BCUT2D eigenvalue weighted by atomic mass is 19.1. The lowest BCUT2D eigenvalue weighted by molar-refractivity contribution is 0.293. The van der Waals surface area contributed by atoms with Crippen molar-refractivity contribution < 1.29 is 4.39 Å². The van der Waals surface area contributed by atoms with Crippen LogP contribution in [0.1, 0.15) is 24.4 Å². The lowest BCUT2D eigenvalue weighted by Gasteiger charge is -2.30. The molecule has 1 saturated heterocycles. The Bertz CT molecular complexity index is 614. The molecule has 0 amide bonds. The summed E-state index contributed by atoms with van der Waals surface area (Å²) in [5.74, 6) is 0.414. The monoisotopic (exact) mass is 257 g/mol. The summed E-state index contributed by atoms with van der Waals surface area (Å²) in [4.78, 5) is 4.24. The van der Waals surface area contributed by atoms with Crippen LogP contribution in [0.4, 0.5) is 4.39 Å². The van der Waals surface area contributed by atoms with Crippen molar-refractivity contribution >= 4 is 0 Å². The number of hydrogen-bond acceptors (Lipinski definition) is 2. The number of fused-ring (bicyclic) bond motifs is 3. The van der Waals surface area contributed by atoms with Gasteiger partial charge in [-0.25, -0.2) is 9.37 Å². The largest absolute Gasteiger partial charge is 0.323 e. The minimum Gasteiger partial charge on any atom is -0.323 e. The van der Waals surface area contributed by atoms with Gasteiger partial charge in [0.1, 0.15) is 5.82 Å². The molecule has 4 rings (SSSR count). The standard InChI is InChI=1S/C15H16FN3/c16-12-3-1-2-11-13-8-18-9-19(13)15(14(11)12)10-4-6-17-7-5-10/h1-3,8-10,15,17H,4-7H2/t15-/m1/s1. The Morgan fingerprint density at radius 2 is 2.11 bits per heavy atom. The van der Waals surface area contributed by atoms with Crippen LogP contribution < -0.4 is 5.32 Å². The lowest BCUT2D eigenvalue weighted by atomic mass is 9.85. The molecular weight excluding hydrogens is 241 g/mol. The smallest absolute Gasteiger partial charge is 0.129 e. The van der Waals surface area contributed by atoms with Crippen molar-refractivity contribution in [1.29, 1.82) is 0 Å². The van der Waals surface area contributed by atoms with Gasteiger partial charge in [-0.3, -0.25) is 0 Å². The second-order valence-electron chi connectivity index (χ2n) is 5.42. The van der Waals surface area contributed by atoms with Crippen LogP contribution in [0.25, 0.3) is 11.3 Å². The van der Waals surface area contributed by atoms with Crippen molar-refractivity contribution in [2.24, 2.45) is 5.92 Å². The number of nitrogens with one attached hydrogen (secondary N) is 1. The molecule has 0 saturated carbocycles. The van der Waals surface area contributed by atoms with Gasteiger partial charge in [0.05, 0.1) is 24.3 Å². The van der Waals surface area contributed by atoms with Crippen molar-refractivity contribution in [2.45, 2.75) is 18.9 Å². The Hall–Kier alpha value is -1.68. The van der Waals surface area contributed by atoms with E-state index in [0.717, 1.165) is 42.8 Å².